The fraction of sp³-hybridized carbons (Fsp3) is 0.455. The quantitative estimate of drug-likeness (QED) is 0.605. The van der Waals surface area contributed by atoms with Gasteiger partial charge in [-0.1, -0.05) is 0 Å². The molecule has 0 heterocycles. The van der Waals surface area contributed by atoms with E-state index in [-0.39, 0.29) is 18.0 Å². The second-order valence-corrected chi connectivity index (χ2v) is 3.25. The Kier molecular flexibility index (Phi) is 4.71. The molecule has 0 fully saturated rings. The summed E-state index contributed by atoms with van der Waals surface area (Å²) in [6.45, 7) is 4.61. The van der Waals surface area contributed by atoms with Gasteiger partial charge < -0.3 is 15.2 Å². The molecule has 17 heavy (non-hydrogen) atoms. The van der Waals surface area contributed by atoms with Gasteiger partial charge in [-0.2, -0.15) is 0 Å². The molecule has 0 atom stereocenters. The molecule has 1 aromatic carbocycles. The number of rotatable bonds is 6. The lowest BCUT2D eigenvalue weighted by Gasteiger charge is -2.11. The number of benzene rings is 1. The molecule has 6 nitrogen and oxygen atoms in total. The van der Waals surface area contributed by atoms with Crippen molar-refractivity contribution < 1.29 is 14.4 Å². The zero-order chi connectivity index (χ0) is 12.8. The van der Waals surface area contributed by atoms with Gasteiger partial charge in [0.1, 0.15) is 5.75 Å². The first-order valence-electron chi connectivity index (χ1n) is 5.41. The van der Waals surface area contributed by atoms with Gasteiger partial charge in [-0.3, -0.25) is 10.1 Å². The molecule has 0 bridgehead atoms. The van der Waals surface area contributed by atoms with Crippen molar-refractivity contribution in [2.24, 2.45) is 5.73 Å². The highest BCUT2D eigenvalue weighted by molar-refractivity contribution is 5.55. The molecule has 0 saturated carbocycles. The zero-order valence-corrected chi connectivity index (χ0v) is 9.93. The van der Waals surface area contributed by atoms with E-state index in [0.717, 1.165) is 0 Å². The minimum absolute atomic E-state index is 0.0873. The topological polar surface area (TPSA) is 87.6 Å². The summed E-state index contributed by atoms with van der Waals surface area (Å²) in [4.78, 5) is 10.4. The lowest BCUT2D eigenvalue weighted by molar-refractivity contribution is -0.385. The van der Waals surface area contributed by atoms with Crippen LogP contribution in [0.25, 0.3) is 0 Å². The van der Waals surface area contributed by atoms with E-state index in [1.807, 2.05) is 6.92 Å². The maximum Gasteiger partial charge on any atom is 0.311 e. The summed E-state index contributed by atoms with van der Waals surface area (Å²) in [5.41, 5.74) is 6.04. The van der Waals surface area contributed by atoms with Gasteiger partial charge in [0.15, 0.2) is 0 Å². The number of ether oxygens (including phenoxy) is 2. The Balaban J connectivity index is 3.25. The van der Waals surface area contributed by atoms with Gasteiger partial charge in [0.05, 0.1) is 18.1 Å². The summed E-state index contributed by atoms with van der Waals surface area (Å²) in [5.74, 6) is 0.738. The van der Waals surface area contributed by atoms with E-state index in [9.17, 15) is 10.1 Å². The normalized spacial score (nSPS) is 10.1. The van der Waals surface area contributed by atoms with Gasteiger partial charge >= 0.3 is 5.69 Å². The fourth-order valence-corrected chi connectivity index (χ4v) is 1.46. The second kappa shape index (κ2) is 6.05. The van der Waals surface area contributed by atoms with Gasteiger partial charge in [0.25, 0.3) is 0 Å². The molecule has 0 aliphatic heterocycles. The van der Waals surface area contributed by atoms with Crippen LogP contribution in [0.15, 0.2) is 12.1 Å². The predicted molar refractivity (Wildman–Crippen MR) is 63.3 cm³/mol. The molecular formula is C11H16N2O4. The molecule has 0 unspecified atom stereocenters. The van der Waals surface area contributed by atoms with E-state index in [1.165, 1.54) is 12.1 Å². The molecule has 6 heteroatoms. The van der Waals surface area contributed by atoms with Gasteiger partial charge in [0, 0.05) is 24.2 Å². The first kappa shape index (κ1) is 13.2. The Labute approximate surface area is 99.5 Å². The molecule has 0 amide bonds. The molecule has 2 N–H and O–H groups in total. The minimum atomic E-state index is -0.486. The molecular weight excluding hydrogens is 224 g/mol. The van der Waals surface area contributed by atoms with E-state index < -0.39 is 4.92 Å². The van der Waals surface area contributed by atoms with E-state index in [0.29, 0.717) is 24.5 Å². The smallest absolute Gasteiger partial charge is 0.311 e. The second-order valence-electron chi connectivity index (χ2n) is 3.25. The Morgan fingerprint density at radius 2 is 1.82 bits per heavy atom. The van der Waals surface area contributed by atoms with Crippen LogP contribution in [-0.2, 0) is 6.54 Å². The van der Waals surface area contributed by atoms with Crippen LogP contribution in [0, 0.1) is 10.1 Å². The first-order chi connectivity index (χ1) is 8.13. The highest BCUT2D eigenvalue weighted by atomic mass is 16.6. The third-order valence-corrected chi connectivity index (χ3v) is 2.16. The van der Waals surface area contributed by atoms with Gasteiger partial charge in [-0.25, -0.2) is 0 Å². The summed E-state index contributed by atoms with van der Waals surface area (Å²) < 4.78 is 10.6. The molecule has 94 valence electrons. The Morgan fingerprint density at radius 1 is 1.24 bits per heavy atom. The van der Waals surface area contributed by atoms with Crippen LogP contribution in [0.5, 0.6) is 11.5 Å². The number of nitro benzene ring substituents is 1. The van der Waals surface area contributed by atoms with Gasteiger partial charge in [-0.05, 0) is 13.8 Å². The van der Waals surface area contributed by atoms with Crippen LogP contribution < -0.4 is 15.2 Å². The summed E-state index contributed by atoms with van der Waals surface area (Å²) in [7, 11) is 0. The summed E-state index contributed by atoms with van der Waals surface area (Å²) in [5, 5.41) is 10.9. The molecule has 0 spiro atoms. The number of hydrogen-bond acceptors (Lipinski definition) is 5. The third kappa shape index (κ3) is 3.07. The average molecular weight is 240 g/mol. The molecule has 1 rings (SSSR count). The highest BCUT2D eigenvalue weighted by Crippen LogP contribution is 2.34. The molecule has 0 saturated heterocycles. The van der Waals surface area contributed by atoms with Gasteiger partial charge in [0.2, 0.25) is 5.75 Å². The largest absolute Gasteiger partial charge is 0.493 e. The Morgan fingerprint density at radius 3 is 2.29 bits per heavy atom. The molecule has 0 radical (unpaired) electrons. The van der Waals surface area contributed by atoms with Gasteiger partial charge in [-0.15, -0.1) is 0 Å². The average Bonchev–Trinajstić information content (AvgIpc) is 2.30. The fourth-order valence-electron chi connectivity index (χ4n) is 1.46. The number of nitro groups is 1. The molecule has 0 aromatic heterocycles. The van der Waals surface area contributed by atoms with E-state index >= 15 is 0 Å². The van der Waals surface area contributed by atoms with Crippen molar-refractivity contribution in [3.8, 4) is 11.5 Å². The van der Waals surface area contributed by atoms with Crippen molar-refractivity contribution in [1.82, 2.24) is 0 Å². The summed E-state index contributed by atoms with van der Waals surface area (Å²) in [6.07, 6.45) is 0. The Hall–Kier alpha value is -1.82. The molecule has 0 aliphatic rings. The Bertz CT molecular complexity index is 407. The van der Waals surface area contributed by atoms with Crippen molar-refractivity contribution >= 4 is 5.69 Å². The predicted octanol–water partition coefficient (Wildman–Crippen LogP) is 1.85. The highest BCUT2D eigenvalue weighted by Gasteiger charge is 2.19. The lowest BCUT2D eigenvalue weighted by atomic mass is 10.1. The number of nitrogens with two attached hydrogens (primary N) is 1. The maximum atomic E-state index is 10.9. The van der Waals surface area contributed by atoms with Crippen molar-refractivity contribution in [3.63, 3.8) is 0 Å². The molecule has 1 aromatic rings. The van der Waals surface area contributed by atoms with Crippen LogP contribution in [0.4, 0.5) is 5.69 Å². The van der Waals surface area contributed by atoms with E-state index in [4.69, 9.17) is 15.2 Å². The van der Waals surface area contributed by atoms with E-state index in [1.54, 1.807) is 6.92 Å². The van der Waals surface area contributed by atoms with Crippen molar-refractivity contribution in [2.45, 2.75) is 20.4 Å². The zero-order valence-electron chi connectivity index (χ0n) is 9.93. The monoisotopic (exact) mass is 240 g/mol. The summed E-state index contributed by atoms with van der Waals surface area (Å²) in [6, 6.07) is 2.92. The van der Waals surface area contributed by atoms with E-state index in [2.05, 4.69) is 0 Å². The van der Waals surface area contributed by atoms with Crippen LogP contribution in [0.2, 0.25) is 0 Å². The number of nitrogens with zero attached hydrogens (tertiary/aromatic N) is 1. The van der Waals surface area contributed by atoms with Crippen LogP contribution in [0.3, 0.4) is 0 Å². The molecule has 0 aliphatic carbocycles. The standard InChI is InChI=1S/C11H16N2O4/c1-3-16-10-6-11(17-4-2)9(13(14)15)5-8(10)7-12/h5-6H,3-4,7,12H2,1-2H3. The van der Waals surface area contributed by atoms with Crippen molar-refractivity contribution in [3.05, 3.63) is 27.8 Å². The van der Waals surface area contributed by atoms with Crippen LogP contribution in [0.1, 0.15) is 19.4 Å². The first-order valence-corrected chi connectivity index (χ1v) is 5.41. The SMILES string of the molecule is CCOc1cc(OCC)c([N+](=O)[O-])cc1CN. The van der Waals surface area contributed by atoms with Crippen molar-refractivity contribution in [2.75, 3.05) is 13.2 Å². The van der Waals surface area contributed by atoms with Crippen LogP contribution >= 0.6 is 0 Å². The minimum Gasteiger partial charge on any atom is -0.493 e. The summed E-state index contributed by atoms with van der Waals surface area (Å²) >= 11 is 0. The maximum absolute atomic E-state index is 10.9. The number of hydrogen-bond donors (Lipinski definition) is 1. The van der Waals surface area contributed by atoms with Crippen molar-refractivity contribution in [1.29, 1.82) is 0 Å². The third-order valence-electron chi connectivity index (χ3n) is 2.16. The lowest BCUT2D eigenvalue weighted by Crippen LogP contribution is -2.05. The van der Waals surface area contributed by atoms with Crippen LogP contribution in [-0.4, -0.2) is 18.1 Å².